The average molecular weight is 198 g/mol. The molecule has 14 heavy (non-hydrogen) atoms. The molecule has 1 amide bonds. The zero-order valence-electron chi connectivity index (χ0n) is 9.04. The van der Waals surface area contributed by atoms with Crippen molar-refractivity contribution in [3.05, 3.63) is 0 Å². The highest BCUT2D eigenvalue weighted by atomic mass is 16.7. The molecule has 0 aromatic rings. The van der Waals surface area contributed by atoms with Crippen LogP contribution in [0.4, 0.5) is 4.79 Å². The van der Waals surface area contributed by atoms with Gasteiger partial charge in [0.25, 0.3) is 0 Å². The first-order chi connectivity index (χ1) is 6.46. The minimum atomic E-state index is -0.230. The van der Waals surface area contributed by atoms with Crippen LogP contribution in [0.3, 0.4) is 0 Å². The van der Waals surface area contributed by atoms with Gasteiger partial charge in [0.1, 0.15) is 0 Å². The summed E-state index contributed by atoms with van der Waals surface area (Å²) >= 11 is 0. The van der Waals surface area contributed by atoms with E-state index < -0.39 is 0 Å². The van der Waals surface area contributed by atoms with Crippen molar-refractivity contribution in [1.29, 1.82) is 0 Å². The van der Waals surface area contributed by atoms with Gasteiger partial charge in [0.15, 0.2) is 0 Å². The molecule has 4 nitrogen and oxygen atoms in total. The smallest absolute Gasteiger partial charge is 0.353 e. The van der Waals surface area contributed by atoms with Crippen LogP contribution in [0.15, 0.2) is 0 Å². The molecule has 1 saturated carbocycles. The Morgan fingerprint density at radius 1 is 1.36 bits per heavy atom. The normalized spacial score (nSPS) is 30.1. The number of rotatable bonds is 1. The van der Waals surface area contributed by atoms with Crippen LogP contribution in [0.1, 0.15) is 27.2 Å². The predicted octanol–water partition coefficient (Wildman–Crippen LogP) is 1.38. The van der Waals surface area contributed by atoms with Crippen LogP contribution in [0, 0.1) is 11.8 Å². The molecule has 80 valence electrons. The van der Waals surface area contributed by atoms with Crippen molar-refractivity contribution >= 4 is 6.09 Å². The van der Waals surface area contributed by atoms with Gasteiger partial charge in [0, 0.05) is 18.6 Å². The molecule has 0 spiro atoms. The van der Waals surface area contributed by atoms with Crippen molar-refractivity contribution in [3.63, 3.8) is 0 Å². The van der Waals surface area contributed by atoms with E-state index in [4.69, 9.17) is 4.84 Å². The first-order valence-corrected chi connectivity index (χ1v) is 5.18. The molecule has 2 atom stereocenters. The molecule has 4 heteroatoms. The molecule has 0 radical (unpaired) electrons. The molecular weight excluding hydrogens is 180 g/mol. The second-order valence-electron chi connectivity index (χ2n) is 5.38. The topological polar surface area (TPSA) is 41.6 Å². The summed E-state index contributed by atoms with van der Waals surface area (Å²) in [5.74, 6) is 1.52. The SMILES string of the molecule is CC(C)(C)NOC(=O)N1CC2CC2C1. The van der Waals surface area contributed by atoms with E-state index >= 15 is 0 Å². The quantitative estimate of drug-likeness (QED) is 0.647. The number of amides is 1. The Balaban J connectivity index is 1.73. The average Bonchev–Trinajstić information content (AvgIpc) is 2.68. The number of piperidine rings is 1. The van der Waals surface area contributed by atoms with Gasteiger partial charge in [0.2, 0.25) is 0 Å². The molecule has 1 aliphatic carbocycles. The number of hydrogen-bond acceptors (Lipinski definition) is 3. The van der Waals surface area contributed by atoms with Gasteiger partial charge in [-0.15, -0.1) is 5.48 Å². The maximum absolute atomic E-state index is 11.5. The van der Waals surface area contributed by atoms with Crippen molar-refractivity contribution < 1.29 is 9.63 Å². The van der Waals surface area contributed by atoms with Crippen LogP contribution in [0.5, 0.6) is 0 Å². The van der Waals surface area contributed by atoms with Gasteiger partial charge in [-0.25, -0.2) is 4.79 Å². The van der Waals surface area contributed by atoms with E-state index in [1.807, 2.05) is 20.8 Å². The maximum atomic E-state index is 11.5. The highest BCUT2D eigenvalue weighted by Crippen LogP contribution is 2.44. The highest BCUT2D eigenvalue weighted by molar-refractivity contribution is 5.68. The fourth-order valence-corrected chi connectivity index (χ4v) is 1.81. The standard InChI is InChI=1S/C10H18N2O2/c1-10(2,3)11-14-9(13)12-5-7-4-8(7)6-12/h7-8,11H,4-6H2,1-3H3. The van der Waals surface area contributed by atoms with Gasteiger partial charge < -0.3 is 9.74 Å². The summed E-state index contributed by atoms with van der Waals surface area (Å²) in [5, 5.41) is 0. The van der Waals surface area contributed by atoms with Gasteiger partial charge in [-0.3, -0.25) is 0 Å². The van der Waals surface area contributed by atoms with Crippen molar-refractivity contribution in [2.24, 2.45) is 11.8 Å². The summed E-state index contributed by atoms with van der Waals surface area (Å²) in [7, 11) is 0. The van der Waals surface area contributed by atoms with E-state index in [1.54, 1.807) is 4.90 Å². The highest BCUT2D eigenvalue weighted by Gasteiger charge is 2.47. The third kappa shape index (κ3) is 2.18. The first kappa shape index (κ1) is 9.77. The third-order valence-electron chi connectivity index (χ3n) is 2.68. The zero-order valence-corrected chi connectivity index (χ0v) is 9.04. The molecule has 0 aromatic heterocycles. The lowest BCUT2D eigenvalue weighted by atomic mass is 10.1. The summed E-state index contributed by atoms with van der Waals surface area (Å²) in [5.41, 5.74) is 2.55. The number of nitrogens with zero attached hydrogens (tertiary/aromatic N) is 1. The lowest BCUT2D eigenvalue weighted by Gasteiger charge is -2.23. The Hall–Kier alpha value is -0.770. The van der Waals surface area contributed by atoms with E-state index in [2.05, 4.69) is 5.48 Å². The summed E-state index contributed by atoms with van der Waals surface area (Å²) in [6, 6.07) is 0. The molecule has 1 heterocycles. The first-order valence-electron chi connectivity index (χ1n) is 5.18. The van der Waals surface area contributed by atoms with Crippen LogP contribution < -0.4 is 5.48 Å². The van der Waals surface area contributed by atoms with Gasteiger partial charge in [-0.1, -0.05) is 0 Å². The fraction of sp³-hybridized carbons (Fsp3) is 0.900. The van der Waals surface area contributed by atoms with Crippen molar-refractivity contribution in [2.45, 2.75) is 32.7 Å². The lowest BCUT2D eigenvalue weighted by Crippen LogP contribution is -2.42. The largest absolute Gasteiger partial charge is 0.428 e. The van der Waals surface area contributed by atoms with Crippen LogP contribution >= 0.6 is 0 Å². The third-order valence-corrected chi connectivity index (χ3v) is 2.68. The Morgan fingerprint density at radius 3 is 2.43 bits per heavy atom. The molecule has 2 rings (SSSR count). The minimum absolute atomic E-state index is 0.182. The Labute approximate surface area is 84.6 Å². The monoisotopic (exact) mass is 198 g/mol. The second-order valence-corrected chi connectivity index (χ2v) is 5.38. The van der Waals surface area contributed by atoms with Crippen molar-refractivity contribution in [2.75, 3.05) is 13.1 Å². The number of fused-ring (bicyclic) bond motifs is 1. The van der Waals surface area contributed by atoms with Crippen molar-refractivity contribution in [3.8, 4) is 0 Å². The molecule has 1 N–H and O–H groups in total. The molecular formula is C10H18N2O2. The number of likely N-dealkylation sites (tertiary alicyclic amines) is 1. The number of nitrogens with one attached hydrogen (secondary N) is 1. The summed E-state index contributed by atoms with van der Waals surface area (Å²) < 4.78 is 0. The Kier molecular flexibility index (Phi) is 2.18. The summed E-state index contributed by atoms with van der Waals surface area (Å²) in [4.78, 5) is 18.3. The lowest BCUT2D eigenvalue weighted by molar-refractivity contribution is 0.0238. The number of hydrogen-bond donors (Lipinski definition) is 1. The Bertz CT molecular complexity index is 237. The van der Waals surface area contributed by atoms with Crippen LogP contribution in [0.25, 0.3) is 0 Å². The van der Waals surface area contributed by atoms with E-state index in [0.29, 0.717) is 0 Å². The fourth-order valence-electron chi connectivity index (χ4n) is 1.81. The molecule has 1 saturated heterocycles. The summed E-state index contributed by atoms with van der Waals surface area (Å²) in [6.45, 7) is 7.65. The van der Waals surface area contributed by atoms with Gasteiger partial charge in [-0.2, -0.15) is 0 Å². The van der Waals surface area contributed by atoms with Gasteiger partial charge >= 0.3 is 6.09 Å². The zero-order chi connectivity index (χ0) is 10.3. The van der Waals surface area contributed by atoms with Crippen molar-refractivity contribution in [1.82, 2.24) is 10.4 Å². The van der Waals surface area contributed by atoms with E-state index in [0.717, 1.165) is 24.9 Å². The molecule has 2 unspecified atom stereocenters. The van der Waals surface area contributed by atoms with Crippen LogP contribution in [-0.4, -0.2) is 29.6 Å². The van der Waals surface area contributed by atoms with E-state index in [1.165, 1.54) is 6.42 Å². The van der Waals surface area contributed by atoms with Gasteiger partial charge in [0.05, 0.1) is 0 Å². The van der Waals surface area contributed by atoms with Gasteiger partial charge in [-0.05, 0) is 39.0 Å². The van der Waals surface area contributed by atoms with E-state index in [9.17, 15) is 4.79 Å². The molecule has 0 aromatic carbocycles. The number of carbonyl (C=O) groups is 1. The second kappa shape index (κ2) is 3.12. The molecule has 2 fully saturated rings. The predicted molar refractivity (Wildman–Crippen MR) is 52.5 cm³/mol. The Morgan fingerprint density at radius 2 is 1.93 bits per heavy atom. The molecule has 0 bridgehead atoms. The van der Waals surface area contributed by atoms with Crippen LogP contribution in [-0.2, 0) is 4.84 Å². The minimum Gasteiger partial charge on any atom is -0.353 e. The van der Waals surface area contributed by atoms with E-state index in [-0.39, 0.29) is 11.6 Å². The number of hydroxylamine groups is 1. The molecule has 2 aliphatic rings. The molecule has 1 aliphatic heterocycles. The number of carbonyl (C=O) groups excluding carboxylic acids is 1. The summed E-state index contributed by atoms with van der Waals surface area (Å²) in [6.07, 6.45) is 1.07. The maximum Gasteiger partial charge on any atom is 0.428 e. The van der Waals surface area contributed by atoms with Crippen LogP contribution in [0.2, 0.25) is 0 Å².